The SMILES string of the molecule is Cn1nncc1[C@]1(Cc2cnn3cc([C@@H](NC(=O)c4nonc4C4CC4)C4CCC(F)(F)CC4)nc3c2)C[C@@H](C(F)(F)F)NC1=O. The summed E-state index contributed by atoms with van der Waals surface area (Å²) in [6.07, 6.45) is 0.182. The summed E-state index contributed by atoms with van der Waals surface area (Å²) in [5.74, 6) is -4.47. The summed E-state index contributed by atoms with van der Waals surface area (Å²) in [5, 5.41) is 24.7. The smallest absolute Gasteiger partial charge is 0.344 e. The van der Waals surface area contributed by atoms with Crippen LogP contribution in [0.2, 0.25) is 0 Å². The Morgan fingerprint density at radius 3 is 2.59 bits per heavy atom. The van der Waals surface area contributed by atoms with E-state index >= 15 is 0 Å². The molecule has 0 spiro atoms. The third-order valence-electron chi connectivity index (χ3n) is 9.33. The van der Waals surface area contributed by atoms with Gasteiger partial charge >= 0.3 is 6.18 Å². The second-order valence-corrected chi connectivity index (χ2v) is 12.5. The molecule has 0 radical (unpaired) electrons. The summed E-state index contributed by atoms with van der Waals surface area (Å²) < 4.78 is 76.9. The quantitative estimate of drug-likeness (QED) is 0.274. The topological polar surface area (TPSA) is 158 Å². The standard InChI is InChI=1S/C28H29F5N10O3/c1-42-19(12-34-41-42)26(10-18(28(31,32)33)37-25(26)45)9-14-8-20-36-17(13-43(20)35-11-14)21(16-4-6-27(29,30)7-5-16)38-24(44)23-22(15-2-3-15)39-46-40-23/h8,11-13,15-16,18,21H,2-7,9-10H2,1H3,(H,37,45)(H,38,44)/t18-,21-,26-/m0/s1. The molecule has 2 saturated carbocycles. The molecule has 244 valence electrons. The first-order valence-corrected chi connectivity index (χ1v) is 14.9. The van der Waals surface area contributed by atoms with Crippen LogP contribution in [-0.4, -0.2) is 69.9 Å². The maximum Gasteiger partial charge on any atom is 0.408 e. The normalized spacial score (nSPS) is 24.3. The molecule has 3 aliphatic rings. The number of carbonyl (C=O) groups excluding carboxylic acids is 2. The summed E-state index contributed by atoms with van der Waals surface area (Å²) in [4.78, 5) is 31.3. The van der Waals surface area contributed by atoms with Crippen molar-refractivity contribution in [2.24, 2.45) is 13.0 Å². The number of alkyl halides is 5. The molecule has 1 aliphatic heterocycles. The van der Waals surface area contributed by atoms with Crippen LogP contribution in [0.25, 0.3) is 5.65 Å². The van der Waals surface area contributed by atoms with Crippen molar-refractivity contribution >= 4 is 17.5 Å². The Bertz CT molecular complexity index is 1790. The van der Waals surface area contributed by atoms with E-state index < -0.39 is 47.8 Å². The van der Waals surface area contributed by atoms with E-state index in [1.807, 2.05) is 0 Å². The van der Waals surface area contributed by atoms with Crippen LogP contribution in [0.15, 0.2) is 29.3 Å². The molecular formula is C28H29F5N10O3. The van der Waals surface area contributed by atoms with Gasteiger partial charge in [0.2, 0.25) is 11.8 Å². The number of aromatic nitrogens is 8. The zero-order valence-electron chi connectivity index (χ0n) is 24.5. The number of rotatable bonds is 8. The molecular weight excluding hydrogens is 619 g/mol. The van der Waals surface area contributed by atoms with Crippen LogP contribution in [0.5, 0.6) is 0 Å². The molecule has 7 rings (SSSR count). The van der Waals surface area contributed by atoms with Crippen molar-refractivity contribution in [2.75, 3.05) is 0 Å². The Morgan fingerprint density at radius 1 is 1.17 bits per heavy atom. The third-order valence-corrected chi connectivity index (χ3v) is 9.33. The van der Waals surface area contributed by atoms with Crippen LogP contribution >= 0.6 is 0 Å². The molecule has 4 aromatic rings. The van der Waals surface area contributed by atoms with Crippen LogP contribution in [0, 0.1) is 5.92 Å². The molecule has 5 heterocycles. The lowest BCUT2D eigenvalue weighted by Crippen LogP contribution is -2.40. The van der Waals surface area contributed by atoms with Gasteiger partial charge in [-0.3, -0.25) is 14.3 Å². The summed E-state index contributed by atoms with van der Waals surface area (Å²) >= 11 is 0. The second-order valence-electron chi connectivity index (χ2n) is 12.5. The van der Waals surface area contributed by atoms with Gasteiger partial charge in [-0.25, -0.2) is 22.9 Å². The lowest BCUT2D eigenvalue weighted by Gasteiger charge is -2.33. The number of amides is 2. The van der Waals surface area contributed by atoms with E-state index in [1.54, 1.807) is 12.3 Å². The fourth-order valence-corrected chi connectivity index (χ4v) is 6.72. The van der Waals surface area contributed by atoms with Crippen molar-refractivity contribution in [3.63, 3.8) is 0 Å². The highest BCUT2D eigenvalue weighted by Crippen LogP contribution is 2.44. The summed E-state index contributed by atoms with van der Waals surface area (Å²) in [5.41, 5.74) is 0.143. The second kappa shape index (κ2) is 10.8. The van der Waals surface area contributed by atoms with E-state index in [0.717, 1.165) is 12.8 Å². The average Bonchev–Trinajstić information content (AvgIpc) is 3.31. The summed E-state index contributed by atoms with van der Waals surface area (Å²) in [7, 11) is 1.50. The lowest BCUT2D eigenvalue weighted by molar-refractivity contribution is -0.155. The number of nitrogens with zero attached hydrogens (tertiary/aromatic N) is 8. The van der Waals surface area contributed by atoms with Gasteiger partial charge in [0.15, 0.2) is 11.3 Å². The van der Waals surface area contributed by atoms with E-state index in [9.17, 15) is 31.5 Å². The van der Waals surface area contributed by atoms with Crippen molar-refractivity contribution in [1.82, 2.24) is 50.5 Å². The molecule has 2 N–H and O–H groups in total. The first kappa shape index (κ1) is 30.2. The highest BCUT2D eigenvalue weighted by molar-refractivity contribution is 5.93. The van der Waals surface area contributed by atoms with Crippen LogP contribution < -0.4 is 10.6 Å². The minimum Gasteiger partial charge on any atom is -0.344 e. The summed E-state index contributed by atoms with van der Waals surface area (Å²) in [6.45, 7) is 0. The van der Waals surface area contributed by atoms with Gasteiger partial charge in [-0.15, -0.1) is 5.10 Å². The average molecular weight is 649 g/mol. The van der Waals surface area contributed by atoms with Gasteiger partial charge in [-0.2, -0.15) is 18.3 Å². The molecule has 4 aromatic heterocycles. The van der Waals surface area contributed by atoms with Gasteiger partial charge in [0.1, 0.15) is 11.7 Å². The minimum absolute atomic E-state index is 0.0415. The van der Waals surface area contributed by atoms with Gasteiger partial charge < -0.3 is 10.6 Å². The molecule has 13 nitrogen and oxygen atoms in total. The molecule has 2 amide bonds. The fraction of sp³-hybridized carbons (Fsp3) is 0.571. The highest BCUT2D eigenvalue weighted by Gasteiger charge is 2.57. The highest BCUT2D eigenvalue weighted by atomic mass is 19.4. The van der Waals surface area contributed by atoms with Gasteiger partial charge in [0, 0.05) is 25.8 Å². The van der Waals surface area contributed by atoms with E-state index in [0.29, 0.717) is 22.6 Å². The number of halogens is 5. The van der Waals surface area contributed by atoms with Crippen molar-refractivity contribution in [2.45, 2.75) is 86.9 Å². The van der Waals surface area contributed by atoms with Crippen molar-refractivity contribution < 1.29 is 36.2 Å². The number of hydrogen-bond acceptors (Lipinski definition) is 9. The predicted octanol–water partition coefficient (Wildman–Crippen LogP) is 3.35. The Labute approximate surface area is 257 Å². The number of nitrogens with one attached hydrogen (secondary N) is 2. The summed E-state index contributed by atoms with van der Waals surface area (Å²) in [6, 6.07) is -1.24. The number of imidazole rings is 1. The van der Waals surface area contributed by atoms with Gasteiger partial charge in [0.05, 0.1) is 41.4 Å². The van der Waals surface area contributed by atoms with Crippen LogP contribution in [0.4, 0.5) is 22.0 Å². The van der Waals surface area contributed by atoms with E-state index in [2.05, 4.69) is 41.3 Å². The molecule has 3 atom stereocenters. The van der Waals surface area contributed by atoms with Crippen molar-refractivity contribution in [3.05, 3.63) is 53.0 Å². The minimum atomic E-state index is -4.66. The first-order valence-electron chi connectivity index (χ1n) is 14.9. The fourth-order valence-electron chi connectivity index (χ4n) is 6.72. The molecule has 46 heavy (non-hydrogen) atoms. The van der Waals surface area contributed by atoms with E-state index in [1.165, 1.54) is 28.6 Å². The predicted molar refractivity (Wildman–Crippen MR) is 145 cm³/mol. The van der Waals surface area contributed by atoms with Crippen LogP contribution in [0.3, 0.4) is 0 Å². The van der Waals surface area contributed by atoms with Gasteiger partial charge in [-0.1, -0.05) is 10.4 Å². The maximum atomic E-state index is 14.1. The largest absolute Gasteiger partial charge is 0.408 e. The molecule has 0 unspecified atom stereocenters. The van der Waals surface area contributed by atoms with E-state index in [-0.39, 0.29) is 55.3 Å². The maximum absolute atomic E-state index is 14.1. The number of aryl methyl sites for hydroxylation is 1. The zero-order valence-corrected chi connectivity index (χ0v) is 24.5. The Hall–Kier alpha value is -4.51. The monoisotopic (exact) mass is 648 g/mol. The zero-order chi connectivity index (χ0) is 32.4. The first-order chi connectivity index (χ1) is 21.8. The lowest BCUT2D eigenvalue weighted by atomic mass is 9.76. The van der Waals surface area contributed by atoms with Gasteiger partial charge in [-0.05, 0) is 61.2 Å². The molecule has 2 aliphatic carbocycles. The molecule has 1 saturated heterocycles. The van der Waals surface area contributed by atoms with Crippen molar-refractivity contribution in [1.29, 1.82) is 0 Å². The van der Waals surface area contributed by atoms with E-state index in [4.69, 9.17) is 4.63 Å². The van der Waals surface area contributed by atoms with Crippen LogP contribution in [-0.2, 0) is 23.7 Å². The number of fused-ring (bicyclic) bond motifs is 1. The van der Waals surface area contributed by atoms with Crippen LogP contribution in [0.1, 0.15) is 90.0 Å². The molecule has 3 fully saturated rings. The molecule has 0 bridgehead atoms. The Balaban J connectivity index is 1.20. The number of carbonyl (C=O) groups is 2. The third kappa shape index (κ3) is 5.46. The molecule has 18 heteroatoms. The Kier molecular flexibility index (Phi) is 7.08. The number of hydrogen-bond donors (Lipinski definition) is 2. The molecule has 0 aromatic carbocycles. The van der Waals surface area contributed by atoms with Gasteiger partial charge in [0.25, 0.3) is 5.91 Å². The Morgan fingerprint density at radius 2 is 1.93 bits per heavy atom. The van der Waals surface area contributed by atoms with Crippen molar-refractivity contribution in [3.8, 4) is 0 Å².